The van der Waals surface area contributed by atoms with Crippen molar-refractivity contribution in [3.8, 4) is 109 Å². The van der Waals surface area contributed by atoms with Crippen LogP contribution in [0.2, 0.25) is 0 Å². The molecule has 0 N–H and O–H groups in total. The van der Waals surface area contributed by atoms with Gasteiger partial charge in [0.25, 0.3) is 0 Å². The van der Waals surface area contributed by atoms with Crippen LogP contribution in [-0.4, -0.2) is 19.9 Å². The number of aromatic nitrogens is 4. The number of hydrogen-bond donors (Lipinski definition) is 0. The molecule has 0 spiro atoms. The summed E-state index contributed by atoms with van der Waals surface area (Å²) in [6, 6.07) is 87.3. The second-order valence-electron chi connectivity index (χ2n) is 40.4. The highest BCUT2D eigenvalue weighted by Gasteiger charge is 2.47. The predicted octanol–water partition coefficient (Wildman–Crippen LogP) is 38.8. The highest BCUT2D eigenvalue weighted by Crippen LogP contribution is 2.61. The zero-order chi connectivity index (χ0) is 90.2. The minimum Gasteiger partial charge on any atom is -0.253 e. The van der Waals surface area contributed by atoms with E-state index < -0.39 is 0 Å². The van der Waals surface area contributed by atoms with E-state index in [0.29, 0.717) is 0 Å². The lowest BCUT2D eigenvalue weighted by molar-refractivity contribution is 0.401. The van der Waals surface area contributed by atoms with Gasteiger partial charge in [-0.05, 0) is 223 Å². The molecule has 0 saturated heterocycles. The number of unbranched alkanes of at least 4 members (excludes halogenated alkanes) is 24. The van der Waals surface area contributed by atoms with Gasteiger partial charge in [0.1, 0.15) is 0 Å². The van der Waals surface area contributed by atoms with E-state index in [1.165, 1.54) is 351 Å². The molecule has 0 bridgehead atoms. The standard InChI is InChI=1S/C126H142N4S2/c1-9-17-25-41-71-123(72-42-26-18-10-2)105-53-37-33-49-93(105)97-61-57-87(81-109(97)123)91-79-103-117(127-85-91)118-104(80-92(86-128-118)88-58-62-98-94-50-34-38-54-106(94)124(110(98)82-88,73-43-27-19-11-3)74-44-28-20-12-4)122-121(103)129-119-101(115-69-67-113(131-115)89-59-63-99-95-51-35-39-55-107(95)125(111(99)83-89,75-45-29-21-13-5)76-46-30-22-14-6)65-66-102(120(119)130-122)116-70-68-114(132-116)90-60-64-100-96-52-36-40-56-108(96)126(112(100)84-90,77-47-31-23-15-7)78-48-32-24-16-8/h33-40,49-70,79-86H,9-32,41-48,71-78H2,1-8H3. The van der Waals surface area contributed by atoms with Gasteiger partial charge in [-0.3, -0.25) is 9.97 Å². The Morgan fingerprint density at radius 3 is 0.697 bits per heavy atom. The monoisotopic (exact) mass is 1780 g/mol. The van der Waals surface area contributed by atoms with E-state index in [1.54, 1.807) is 11.1 Å². The molecule has 10 aromatic carbocycles. The van der Waals surface area contributed by atoms with E-state index in [0.717, 1.165) is 91.8 Å². The van der Waals surface area contributed by atoms with E-state index in [-0.39, 0.29) is 21.7 Å². The number of thiophene rings is 2. The minimum atomic E-state index is -0.0746. The maximum Gasteiger partial charge on any atom is 0.0996 e. The Labute approximate surface area is 798 Å². The van der Waals surface area contributed by atoms with Crippen LogP contribution in [0.1, 0.15) is 357 Å². The molecule has 19 rings (SSSR count). The molecule has 0 fully saturated rings. The summed E-state index contributed by atoms with van der Waals surface area (Å²) in [7, 11) is 0. The fourth-order valence-corrected chi connectivity index (χ4v) is 27.2. The van der Waals surface area contributed by atoms with Gasteiger partial charge in [0.05, 0.1) is 33.1 Å². The maximum atomic E-state index is 6.38. The van der Waals surface area contributed by atoms with Gasteiger partial charge in [0.2, 0.25) is 0 Å². The van der Waals surface area contributed by atoms with Crippen molar-refractivity contribution in [2.75, 3.05) is 0 Å². The van der Waals surface area contributed by atoms with Gasteiger partial charge in [-0.25, -0.2) is 9.97 Å². The van der Waals surface area contributed by atoms with Crippen LogP contribution in [0.3, 0.4) is 0 Å². The number of fused-ring (bicyclic) bond motifs is 19. The van der Waals surface area contributed by atoms with Crippen LogP contribution in [0.5, 0.6) is 0 Å². The third-order valence-electron chi connectivity index (χ3n) is 32.0. The molecule has 0 amide bonds. The zero-order valence-electron chi connectivity index (χ0n) is 80.8. The van der Waals surface area contributed by atoms with Gasteiger partial charge < -0.3 is 0 Å². The Morgan fingerprint density at radius 1 is 0.189 bits per heavy atom. The topological polar surface area (TPSA) is 51.6 Å². The van der Waals surface area contributed by atoms with Crippen LogP contribution in [-0.2, 0) is 21.7 Å². The summed E-state index contributed by atoms with van der Waals surface area (Å²) in [5.41, 5.74) is 37.9. The third-order valence-corrected chi connectivity index (χ3v) is 34.4. The minimum absolute atomic E-state index is 0.0238. The molecule has 678 valence electrons. The van der Waals surface area contributed by atoms with E-state index in [1.807, 2.05) is 22.7 Å². The van der Waals surface area contributed by atoms with Gasteiger partial charge >= 0.3 is 0 Å². The van der Waals surface area contributed by atoms with Crippen LogP contribution in [0.4, 0.5) is 0 Å². The highest BCUT2D eigenvalue weighted by molar-refractivity contribution is 7.19. The summed E-state index contributed by atoms with van der Waals surface area (Å²) < 4.78 is 0. The van der Waals surface area contributed by atoms with Crippen LogP contribution in [0.15, 0.2) is 231 Å². The number of benzene rings is 10. The fourth-order valence-electron chi connectivity index (χ4n) is 25.1. The van der Waals surface area contributed by atoms with Crippen molar-refractivity contribution < 1.29 is 0 Å². The van der Waals surface area contributed by atoms with Crippen molar-refractivity contribution in [1.82, 2.24) is 19.9 Å². The van der Waals surface area contributed by atoms with Crippen molar-refractivity contribution in [2.45, 2.75) is 334 Å². The van der Waals surface area contributed by atoms with Gasteiger partial charge in [-0.15, -0.1) is 22.7 Å². The SMILES string of the molecule is CCCCCCC1(CCCCCC)c2ccccc2-c2ccc(-c3cnc4c(c3)c3nc5c(-c6ccc(-c7ccc8c(c7)C(CCCCCC)(CCCCCC)c7ccccc7-8)s6)ccc(-c6ccc(-c7ccc8c(c7)C(CCCCCC)(CCCCCC)c7ccccc7-8)s6)c5nc3c3cc(-c5ccc6c(c5)C(CCCCCC)(CCCCCC)c5ccccc5-6)cnc34)cc21. The second-order valence-corrected chi connectivity index (χ2v) is 42.6. The molecule has 6 heteroatoms. The molecule has 0 unspecified atom stereocenters. The van der Waals surface area contributed by atoms with Crippen LogP contribution < -0.4 is 0 Å². The highest BCUT2D eigenvalue weighted by atomic mass is 32.1. The molecule has 0 atom stereocenters. The smallest absolute Gasteiger partial charge is 0.0996 e. The summed E-state index contributed by atoms with van der Waals surface area (Å²) in [4.78, 5) is 29.2. The fraction of sp³-hybridized carbons (Fsp3) is 0.413. The predicted molar refractivity (Wildman–Crippen MR) is 571 cm³/mol. The molecule has 132 heavy (non-hydrogen) atoms. The molecule has 5 aromatic heterocycles. The first-order chi connectivity index (χ1) is 65.1. The molecular formula is C126H142N4S2. The first-order valence-electron chi connectivity index (χ1n) is 52.6. The Kier molecular flexibility index (Phi) is 28.4. The Bertz CT molecular complexity index is 6160. The first-order valence-corrected chi connectivity index (χ1v) is 54.3. The molecule has 4 nitrogen and oxygen atoms in total. The summed E-state index contributed by atoms with van der Waals surface area (Å²) in [5, 5.41) is 1.95. The number of pyridine rings is 2. The number of nitrogens with zero attached hydrogens (tertiary/aromatic N) is 4. The second kappa shape index (κ2) is 41.1. The summed E-state index contributed by atoms with van der Waals surface area (Å²) >= 11 is 3.83. The molecule has 5 heterocycles. The first kappa shape index (κ1) is 91.2. The van der Waals surface area contributed by atoms with Crippen LogP contribution in [0, 0.1) is 0 Å². The Balaban J connectivity index is 0.823. The molecule has 0 saturated carbocycles. The summed E-state index contributed by atoms with van der Waals surface area (Å²) in [6.45, 7) is 18.8. The summed E-state index contributed by atoms with van der Waals surface area (Å²) in [5.74, 6) is 0. The molecule has 0 aliphatic heterocycles. The van der Waals surface area contributed by atoms with Gasteiger partial charge in [0, 0.05) is 86.6 Å². The quantitative estimate of drug-likeness (QED) is 0.0217. The van der Waals surface area contributed by atoms with Gasteiger partial charge in [0.15, 0.2) is 0 Å². The average Bonchev–Trinajstić information content (AvgIpc) is 1.04. The van der Waals surface area contributed by atoms with Crippen molar-refractivity contribution >= 4 is 66.5 Å². The normalized spacial score (nSPS) is 14.3. The van der Waals surface area contributed by atoms with E-state index in [9.17, 15) is 0 Å². The molecule has 4 aliphatic rings. The lowest BCUT2D eigenvalue weighted by Gasteiger charge is -2.33. The van der Waals surface area contributed by atoms with Crippen molar-refractivity contribution in [3.63, 3.8) is 0 Å². The van der Waals surface area contributed by atoms with E-state index in [2.05, 4.69) is 286 Å². The van der Waals surface area contributed by atoms with Gasteiger partial charge in [-0.1, -0.05) is 419 Å². The number of rotatable bonds is 46. The van der Waals surface area contributed by atoms with Gasteiger partial charge in [-0.2, -0.15) is 0 Å². The lowest BCUT2D eigenvalue weighted by Crippen LogP contribution is -2.25. The zero-order valence-corrected chi connectivity index (χ0v) is 82.5. The molecule has 4 aliphatic carbocycles. The maximum absolute atomic E-state index is 6.38. The van der Waals surface area contributed by atoms with Crippen molar-refractivity contribution in [3.05, 3.63) is 275 Å². The van der Waals surface area contributed by atoms with Crippen LogP contribution in [0.25, 0.3) is 152 Å². The number of hydrogen-bond acceptors (Lipinski definition) is 6. The lowest BCUT2D eigenvalue weighted by atomic mass is 9.70. The van der Waals surface area contributed by atoms with E-state index >= 15 is 0 Å². The third kappa shape index (κ3) is 17.1. The van der Waals surface area contributed by atoms with Crippen LogP contribution >= 0.6 is 22.7 Å². The van der Waals surface area contributed by atoms with E-state index in [4.69, 9.17) is 19.9 Å². The van der Waals surface area contributed by atoms with Crippen molar-refractivity contribution in [2.24, 2.45) is 0 Å². The summed E-state index contributed by atoms with van der Waals surface area (Å²) in [6.07, 6.45) is 53.7. The largest absolute Gasteiger partial charge is 0.253 e. The average molecular weight is 1780 g/mol. The molecular weight excluding hydrogens is 1630 g/mol. The Morgan fingerprint density at radius 2 is 0.424 bits per heavy atom. The molecule has 0 radical (unpaired) electrons. The molecule has 15 aromatic rings. The van der Waals surface area contributed by atoms with Crippen molar-refractivity contribution in [1.29, 1.82) is 0 Å². The Hall–Kier alpha value is -9.98.